The molecule has 0 radical (unpaired) electrons. The lowest BCUT2D eigenvalue weighted by Gasteiger charge is -2.15. The first-order valence-corrected chi connectivity index (χ1v) is 10.5. The van der Waals surface area contributed by atoms with Crippen LogP contribution in [0.25, 0.3) is 10.8 Å². The van der Waals surface area contributed by atoms with Crippen LogP contribution >= 0.6 is 0 Å². The predicted molar refractivity (Wildman–Crippen MR) is 124 cm³/mol. The number of benzene rings is 3. The topological polar surface area (TPSA) is 82.3 Å². The number of carbonyl (C=O) groups is 2. The first-order chi connectivity index (χ1) is 15.6. The van der Waals surface area contributed by atoms with E-state index in [9.17, 15) is 9.59 Å². The van der Waals surface area contributed by atoms with Gasteiger partial charge in [0, 0.05) is 30.7 Å². The molecule has 0 amide bonds. The molecule has 0 aliphatic heterocycles. The minimum absolute atomic E-state index is 0.0733. The van der Waals surface area contributed by atoms with Crippen molar-refractivity contribution in [1.29, 1.82) is 0 Å². The van der Waals surface area contributed by atoms with E-state index < -0.39 is 0 Å². The SMILES string of the molecule is NCC(C(=O)Cc1ccc2cnccc2c1)c1ccc(COC(=O)c2ccccc2)cc1. The average molecular weight is 425 g/mol. The molecule has 1 aromatic heterocycles. The van der Waals surface area contributed by atoms with Gasteiger partial charge in [0.15, 0.2) is 0 Å². The van der Waals surface area contributed by atoms with Crippen molar-refractivity contribution in [1.82, 2.24) is 4.98 Å². The van der Waals surface area contributed by atoms with Crippen molar-refractivity contribution in [3.63, 3.8) is 0 Å². The molecule has 0 aliphatic rings. The number of esters is 1. The smallest absolute Gasteiger partial charge is 0.338 e. The van der Waals surface area contributed by atoms with Gasteiger partial charge in [-0.1, -0.05) is 60.7 Å². The maximum Gasteiger partial charge on any atom is 0.338 e. The maximum absolute atomic E-state index is 13.0. The van der Waals surface area contributed by atoms with Crippen LogP contribution in [0, 0.1) is 0 Å². The van der Waals surface area contributed by atoms with Crippen LogP contribution in [0.15, 0.2) is 91.3 Å². The number of nitrogens with two attached hydrogens (primary N) is 1. The van der Waals surface area contributed by atoms with Crippen molar-refractivity contribution in [3.8, 4) is 0 Å². The number of carbonyl (C=O) groups excluding carboxylic acids is 2. The lowest BCUT2D eigenvalue weighted by molar-refractivity contribution is -0.119. The fourth-order valence-corrected chi connectivity index (χ4v) is 3.67. The number of rotatable bonds is 8. The van der Waals surface area contributed by atoms with Crippen molar-refractivity contribution < 1.29 is 14.3 Å². The van der Waals surface area contributed by atoms with Gasteiger partial charge in [-0.05, 0) is 40.3 Å². The van der Waals surface area contributed by atoms with Crippen LogP contribution in [0.1, 0.15) is 33.0 Å². The number of pyridine rings is 1. The lowest BCUT2D eigenvalue weighted by Crippen LogP contribution is -2.23. The van der Waals surface area contributed by atoms with Crippen molar-refractivity contribution in [2.45, 2.75) is 18.9 Å². The number of hydrogen-bond acceptors (Lipinski definition) is 5. The maximum atomic E-state index is 13.0. The summed E-state index contributed by atoms with van der Waals surface area (Å²) in [6.45, 7) is 0.403. The van der Waals surface area contributed by atoms with Gasteiger partial charge in [0.25, 0.3) is 0 Å². The van der Waals surface area contributed by atoms with Gasteiger partial charge in [-0.15, -0.1) is 0 Å². The highest BCUT2D eigenvalue weighted by molar-refractivity contribution is 5.90. The van der Waals surface area contributed by atoms with Gasteiger partial charge in [-0.2, -0.15) is 0 Å². The van der Waals surface area contributed by atoms with Crippen LogP contribution in [-0.2, 0) is 22.6 Å². The number of Topliss-reactive ketones (excluding diaryl/α,β-unsaturated/α-hetero) is 1. The van der Waals surface area contributed by atoms with Gasteiger partial charge < -0.3 is 10.5 Å². The molecule has 4 rings (SSSR count). The summed E-state index contributed by atoms with van der Waals surface area (Å²) in [4.78, 5) is 29.2. The van der Waals surface area contributed by atoms with Crippen LogP contribution in [0.4, 0.5) is 0 Å². The largest absolute Gasteiger partial charge is 0.457 e. The monoisotopic (exact) mass is 424 g/mol. The van der Waals surface area contributed by atoms with Gasteiger partial charge in [-0.3, -0.25) is 9.78 Å². The molecule has 1 unspecified atom stereocenters. The number of fused-ring (bicyclic) bond motifs is 1. The predicted octanol–water partition coefficient (Wildman–Crippen LogP) is 4.45. The summed E-state index contributed by atoms with van der Waals surface area (Å²) < 4.78 is 5.37. The summed E-state index contributed by atoms with van der Waals surface area (Å²) in [6.07, 6.45) is 3.87. The molecule has 1 atom stereocenters. The molecule has 0 saturated carbocycles. The summed E-state index contributed by atoms with van der Waals surface area (Å²) >= 11 is 0. The Hall–Kier alpha value is -3.83. The highest BCUT2D eigenvalue weighted by Crippen LogP contribution is 2.21. The van der Waals surface area contributed by atoms with Crippen LogP contribution in [0.5, 0.6) is 0 Å². The molecule has 2 N–H and O–H groups in total. The molecule has 160 valence electrons. The van der Waals surface area contributed by atoms with Crippen molar-refractivity contribution in [2.75, 3.05) is 6.54 Å². The quantitative estimate of drug-likeness (QED) is 0.423. The van der Waals surface area contributed by atoms with Gasteiger partial charge in [-0.25, -0.2) is 4.79 Å². The van der Waals surface area contributed by atoms with Crippen LogP contribution in [0.3, 0.4) is 0 Å². The Balaban J connectivity index is 1.39. The summed E-state index contributed by atoms with van der Waals surface area (Å²) in [5, 5.41) is 2.10. The Morgan fingerprint density at radius 1 is 0.875 bits per heavy atom. The molecule has 32 heavy (non-hydrogen) atoms. The Labute approximate surface area is 186 Å². The molecule has 0 spiro atoms. The zero-order valence-electron chi connectivity index (χ0n) is 17.6. The van der Waals surface area contributed by atoms with E-state index in [-0.39, 0.29) is 30.8 Å². The Kier molecular flexibility index (Phi) is 6.68. The molecule has 0 saturated heterocycles. The molecule has 3 aromatic carbocycles. The van der Waals surface area contributed by atoms with E-state index in [1.54, 1.807) is 30.5 Å². The van der Waals surface area contributed by atoms with Crippen LogP contribution in [0.2, 0.25) is 0 Å². The molecule has 1 heterocycles. The van der Waals surface area contributed by atoms with Gasteiger partial charge in [0.2, 0.25) is 0 Å². The number of hydrogen-bond donors (Lipinski definition) is 1. The molecule has 0 fully saturated rings. The molecule has 5 heteroatoms. The Morgan fingerprint density at radius 2 is 1.62 bits per heavy atom. The number of nitrogens with zero attached hydrogens (tertiary/aromatic N) is 1. The minimum Gasteiger partial charge on any atom is -0.457 e. The second-order valence-electron chi connectivity index (χ2n) is 7.67. The second-order valence-corrected chi connectivity index (χ2v) is 7.67. The van der Waals surface area contributed by atoms with E-state index in [0.29, 0.717) is 12.0 Å². The van der Waals surface area contributed by atoms with E-state index in [1.165, 1.54) is 0 Å². The standard InChI is InChI=1S/C27H24N2O3/c28-16-25(26(30)15-20-8-11-24-17-29-13-12-23(24)14-20)21-9-6-19(7-10-21)18-32-27(31)22-4-2-1-3-5-22/h1-14,17,25H,15-16,18,28H2. The third-order valence-electron chi connectivity index (χ3n) is 5.47. The Bertz CT molecular complexity index is 1220. The molecule has 0 aliphatic carbocycles. The zero-order chi connectivity index (χ0) is 22.3. The van der Waals surface area contributed by atoms with E-state index in [1.807, 2.05) is 60.8 Å². The first kappa shape index (κ1) is 21.4. The van der Waals surface area contributed by atoms with Gasteiger partial charge in [0.05, 0.1) is 11.5 Å². The number of aromatic nitrogens is 1. The van der Waals surface area contributed by atoms with Crippen LogP contribution < -0.4 is 5.73 Å². The summed E-state index contributed by atoms with van der Waals surface area (Å²) in [5.41, 5.74) is 9.14. The lowest BCUT2D eigenvalue weighted by atomic mass is 9.90. The average Bonchev–Trinajstić information content (AvgIpc) is 2.84. The molecule has 5 nitrogen and oxygen atoms in total. The van der Waals surface area contributed by atoms with E-state index >= 15 is 0 Å². The van der Waals surface area contributed by atoms with Crippen molar-refractivity contribution in [3.05, 3.63) is 114 Å². The van der Waals surface area contributed by atoms with Crippen molar-refractivity contribution in [2.24, 2.45) is 5.73 Å². The second kappa shape index (κ2) is 9.98. The zero-order valence-corrected chi connectivity index (χ0v) is 17.6. The first-order valence-electron chi connectivity index (χ1n) is 10.5. The summed E-state index contributed by atoms with van der Waals surface area (Å²) in [7, 11) is 0. The van der Waals surface area contributed by atoms with Gasteiger partial charge >= 0.3 is 5.97 Å². The molecular weight excluding hydrogens is 400 g/mol. The number of ketones is 1. The molecule has 4 aromatic rings. The normalized spacial score (nSPS) is 11.8. The molecule has 0 bridgehead atoms. The summed E-state index contributed by atoms with van der Waals surface area (Å²) in [6, 6.07) is 24.3. The Morgan fingerprint density at radius 3 is 2.38 bits per heavy atom. The third-order valence-corrected chi connectivity index (χ3v) is 5.47. The third kappa shape index (κ3) is 5.07. The summed E-state index contributed by atoms with van der Waals surface area (Å²) in [5.74, 6) is -0.677. The fraction of sp³-hybridized carbons (Fsp3) is 0.148. The van der Waals surface area contributed by atoms with E-state index in [0.717, 1.165) is 27.5 Å². The van der Waals surface area contributed by atoms with Crippen molar-refractivity contribution >= 4 is 22.5 Å². The highest BCUT2D eigenvalue weighted by Gasteiger charge is 2.19. The minimum atomic E-state index is -0.385. The van der Waals surface area contributed by atoms with E-state index in [2.05, 4.69) is 4.98 Å². The van der Waals surface area contributed by atoms with E-state index in [4.69, 9.17) is 10.5 Å². The number of ether oxygens (including phenoxy) is 1. The van der Waals surface area contributed by atoms with Gasteiger partial charge in [0.1, 0.15) is 12.4 Å². The molecular formula is C27H24N2O3. The fourth-order valence-electron chi connectivity index (χ4n) is 3.67. The highest BCUT2D eigenvalue weighted by atomic mass is 16.5. The van der Waals surface area contributed by atoms with Crippen LogP contribution in [-0.4, -0.2) is 23.3 Å².